The molecule has 0 aliphatic heterocycles. The Hall–Kier alpha value is -7.42. The van der Waals surface area contributed by atoms with Crippen molar-refractivity contribution in [2.24, 2.45) is 0 Å². The zero-order valence-electron chi connectivity index (χ0n) is 30.8. The molecule has 0 bridgehead atoms. The molecule has 0 aliphatic carbocycles. The Morgan fingerprint density at radius 1 is 0.268 bits per heavy atom. The van der Waals surface area contributed by atoms with E-state index >= 15 is 0 Å². The molecule has 10 rings (SSSR count). The minimum absolute atomic E-state index is 1.10. The molecule has 2 heteroatoms. The van der Waals surface area contributed by atoms with E-state index in [0.29, 0.717) is 0 Å². The number of anilines is 3. The number of para-hydroxylation sites is 2. The standard InChI is InChI=1S/C54H38N2/c1-4-15-39(16-5-1)41-27-33-45(34-28-41)55(46-35-29-42(30-36-46)40-17-6-2-7-18-40)47-37-31-43(32-38-47)48-21-10-11-22-49(48)50-24-14-26-53-54(50)51-23-12-13-25-52(51)56(53)44-19-8-3-9-20-44/h1-38H. The van der Waals surface area contributed by atoms with Gasteiger partial charge >= 0.3 is 0 Å². The van der Waals surface area contributed by atoms with Gasteiger partial charge in [0.1, 0.15) is 0 Å². The molecule has 1 heterocycles. The van der Waals surface area contributed by atoms with Crippen LogP contribution in [0.5, 0.6) is 0 Å². The van der Waals surface area contributed by atoms with Crippen LogP contribution in [0.3, 0.4) is 0 Å². The number of fused-ring (bicyclic) bond motifs is 3. The first-order chi connectivity index (χ1) is 27.8. The van der Waals surface area contributed by atoms with Crippen molar-refractivity contribution in [2.75, 3.05) is 4.90 Å². The summed E-state index contributed by atoms with van der Waals surface area (Å²) in [6, 6.07) is 82.9. The first kappa shape index (κ1) is 33.2. The van der Waals surface area contributed by atoms with Gasteiger partial charge in [0.05, 0.1) is 11.0 Å². The highest BCUT2D eigenvalue weighted by atomic mass is 15.1. The summed E-state index contributed by atoms with van der Waals surface area (Å²) in [6.45, 7) is 0. The van der Waals surface area contributed by atoms with E-state index < -0.39 is 0 Å². The van der Waals surface area contributed by atoms with Crippen LogP contribution < -0.4 is 4.90 Å². The minimum atomic E-state index is 1.10. The Balaban J connectivity index is 1.06. The van der Waals surface area contributed by atoms with Gasteiger partial charge in [0, 0.05) is 33.5 Å². The number of benzene rings is 9. The molecule has 0 N–H and O–H groups in total. The van der Waals surface area contributed by atoms with Crippen molar-refractivity contribution in [3.63, 3.8) is 0 Å². The highest BCUT2D eigenvalue weighted by Crippen LogP contribution is 2.43. The molecule has 0 amide bonds. The van der Waals surface area contributed by atoms with Crippen LogP contribution >= 0.6 is 0 Å². The first-order valence-corrected chi connectivity index (χ1v) is 19.2. The molecule has 0 saturated carbocycles. The van der Waals surface area contributed by atoms with E-state index in [2.05, 4.69) is 240 Å². The van der Waals surface area contributed by atoms with Crippen LogP contribution in [-0.4, -0.2) is 4.57 Å². The second kappa shape index (κ2) is 14.4. The van der Waals surface area contributed by atoms with Crippen LogP contribution in [-0.2, 0) is 0 Å². The van der Waals surface area contributed by atoms with Crippen molar-refractivity contribution in [3.8, 4) is 50.2 Å². The van der Waals surface area contributed by atoms with Crippen LogP contribution in [0.2, 0.25) is 0 Å². The molecule has 1 aromatic heterocycles. The predicted octanol–water partition coefficient (Wildman–Crippen LogP) is 14.9. The molecule has 0 spiro atoms. The summed E-state index contributed by atoms with van der Waals surface area (Å²) in [7, 11) is 0. The quantitative estimate of drug-likeness (QED) is 0.152. The molecule has 56 heavy (non-hydrogen) atoms. The molecule has 0 saturated heterocycles. The fourth-order valence-electron chi connectivity index (χ4n) is 8.17. The summed E-state index contributed by atoms with van der Waals surface area (Å²) < 4.78 is 2.39. The summed E-state index contributed by atoms with van der Waals surface area (Å²) >= 11 is 0. The van der Waals surface area contributed by atoms with Crippen molar-refractivity contribution in [1.29, 1.82) is 0 Å². The first-order valence-electron chi connectivity index (χ1n) is 19.2. The summed E-state index contributed by atoms with van der Waals surface area (Å²) in [6.07, 6.45) is 0. The fraction of sp³-hybridized carbons (Fsp3) is 0. The van der Waals surface area contributed by atoms with E-state index in [4.69, 9.17) is 0 Å². The molecule has 0 fully saturated rings. The summed E-state index contributed by atoms with van der Waals surface area (Å²) in [5.74, 6) is 0. The van der Waals surface area contributed by atoms with Gasteiger partial charge in [0.15, 0.2) is 0 Å². The second-order valence-corrected chi connectivity index (χ2v) is 14.1. The maximum absolute atomic E-state index is 2.39. The number of hydrogen-bond donors (Lipinski definition) is 0. The average molecular weight is 715 g/mol. The fourth-order valence-corrected chi connectivity index (χ4v) is 8.17. The molecule has 0 atom stereocenters. The van der Waals surface area contributed by atoms with Gasteiger partial charge in [-0.05, 0) is 105 Å². The molecular formula is C54H38N2. The number of rotatable bonds is 8. The van der Waals surface area contributed by atoms with Crippen molar-refractivity contribution in [2.45, 2.75) is 0 Å². The van der Waals surface area contributed by atoms with E-state index in [0.717, 1.165) is 22.7 Å². The molecule has 264 valence electrons. The van der Waals surface area contributed by atoms with Crippen molar-refractivity contribution >= 4 is 38.9 Å². The van der Waals surface area contributed by atoms with Gasteiger partial charge in [-0.3, -0.25) is 0 Å². The second-order valence-electron chi connectivity index (χ2n) is 14.1. The number of hydrogen-bond acceptors (Lipinski definition) is 1. The zero-order chi connectivity index (χ0) is 37.3. The molecule has 0 radical (unpaired) electrons. The minimum Gasteiger partial charge on any atom is -0.311 e. The third-order valence-electron chi connectivity index (χ3n) is 10.8. The summed E-state index contributed by atoms with van der Waals surface area (Å²) in [4.78, 5) is 2.35. The monoisotopic (exact) mass is 714 g/mol. The maximum Gasteiger partial charge on any atom is 0.0547 e. The Labute approximate surface area is 327 Å². The largest absolute Gasteiger partial charge is 0.311 e. The smallest absolute Gasteiger partial charge is 0.0547 e. The SMILES string of the molecule is c1ccc(-c2ccc(N(c3ccc(-c4ccccc4)cc3)c3ccc(-c4ccccc4-c4cccc5c4c4ccccc4n5-c4ccccc4)cc3)cc2)cc1. The lowest BCUT2D eigenvalue weighted by molar-refractivity contribution is 1.18. The zero-order valence-corrected chi connectivity index (χ0v) is 30.8. The van der Waals surface area contributed by atoms with Crippen molar-refractivity contribution < 1.29 is 0 Å². The van der Waals surface area contributed by atoms with Gasteiger partial charge in [-0.25, -0.2) is 0 Å². The van der Waals surface area contributed by atoms with E-state index in [1.807, 2.05) is 0 Å². The average Bonchev–Trinajstić information content (AvgIpc) is 3.63. The molecule has 10 aromatic rings. The lowest BCUT2D eigenvalue weighted by Gasteiger charge is -2.26. The Morgan fingerprint density at radius 3 is 1.25 bits per heavy atom. The van der Waals surface area contributed by atoms with Crippen molar-refractivity contribution in [1.82, 2.24) is 4.57 Å². The van der Waals surface area contributed by atoms with Crippen molar-refractivity contribution in [3.05, 3.63) is 231 Å². The van der Waals surface area contributed by atoms with Gasteiger partial charge in [-0.15, -0.1) is 0 Å². The number of aromatic nitrogens is 1. The topological polar surface area (TPSA) is 8.17 Å². The molecule has 0 unspecified atom stereocenters. The highest BCUT2D eigenvalue weighted by Gasteiger charge is 2.19. The Bertz CT molecular complexity index is 2830. The molecule has 2 nitrogen and oxygen atoms in total. The van der Waals surface area contributed by atoms with Gasteiger partial charge in [0.25, 0.3) is 0 Å². The van der Waals surface area contributed by atoms with Crippen LogP contribution in [0, 0.1) is 0 Å². The Kier molecular flexibility index (Phi) is 8.55. The molecule has 0 aliphatic rings. The third kappa shape index (κ3) is 6.04. The predicted molar refractivity (Wildman–Crippen MR) is 237 cm³/mol. The lowest BCUT2D eigenvalue weighted by atomic mass is 9.92. The van der Waals surface area contributed by atoms with Crippen LogP contribution in [0.25, 0.3) is 72.0 Å². The maximum atomic E-state index is 2.39. The van der Waals surface area contributed by atoms with E-state index in [1.165, 1.54) is 66.3 Å². The van der Waals surface area contributed by atoms with Crippen LogP contribution in [0.1, 0.15) is 0 Å². The Morgan fingerprint density at radius 2 is 0.679 bits per heavy atom. The van der Waals surface area contributed by atoms with Gasteiger partial charge in [0.2, 0.25) is 0 Å². The molecular weight excluding hydrogens is 677 g/mol. The van der Waals surface area contributed by atoms with E-state index in [-0.39, 0.29) is 0 Å². The highest BCUT2D eigenvalue weighted by molar-refractivity contribution is 6.16. The van der Waals surface area contributed by atoms with E-state index in [9.17, 15) is 0 Å². The van der Waals surface area contributed by atoms with Gasteiger partial charge in [-0.2, -0.15) is 0 Å². The van der Waals surface area contributed by atoms with E-state index in [1.54, 1.807) is 0 Å². The van der Waals surface area contributed by atoms with Crippen LogP contribution in [0.4, 0.5) is 17.1 Å². The summed E-state index contributed by atoms with van der Waals surface area (Å²) in [5.41, 5.74) is 16.5. The lowest BCUT2D eigenvalue weighted by Crippen LogP contribution is -2.09. The number of nitrogens with zero attached hydrogens (tertiary/aromatic N) is 2. The molecule has 9 aromatic carbocycles. The van der Waals surface area contributed by atoms with Gasteiger partial charge < -0.3 is 9.47 Å². The van der Waals surface area contributed by atoms with Crippen LogP contribution in [0.15, 0.2) is 231 Å². The van der Waals surface area contributed by atoms with Gasteiger partial charge in [-0.1, -0.05) is 170 Å². The normalized spacial score (nSPS) is 11.2. The third-order valence-corrected chi connectivity index (χ3v) is 10.8. The summed E-state index contributed by atoms with van der Waals surface area (Å²) in [5, 5.41) is 2.51.